The van der Waals surface area contributed by atoms with Crippen molar-refractivity contribution in [3.05, 3.63) is 60.2 Å². The van der Waals surface area contributed by atoms with Crippen LogP contribution in [0.2, 0.25) is 0 Å². The fraction of sp³-hybridized carbons (Fsp3) is 0.333. The molecule has 0 aliphatic carbocycles. The molecule has 0 aromatic heterocycles. The SMILES string of the molecule is CCCC(CN)C(O)c1ccc(-c2ccccc2)cc1. The Morgan fingerprint density at radius 3 is 2.10 bits per heavy atom. The monoisotopic (exact) mass is 269 g/mol. The Balaban J connectivity index is 2.15. The van der Waals surface area contributed by atoms with E-state index in [1.807, 2.05) is 30.3 Å². The average Bonchev–Trinajstić information content (AvgIpc) is 2.53. The van der Waals surface area contributed by atoms with Crippen LogP contribution in [0.5, 0.6) is 0 Å². The molecule has 106 valence electrons. The van der Waals surface area contributed by atoms with Crippen LogP contribution in [-0.2, 0) is 0 Å². The molecule has 0 amide bonds. The number of aliphatic hydroxyl groups is 1. The third-order valence-electron chi connectivity index (χ3n) is 3.77. The Hall–Kier alpha value is -1.64. The normalized spacial score (nSPS) is 13.9. The number of benzene rings is 2. The van der Waals surface area contributed by atoms with Gasteiger partial charge in [-0.15, -0.1) is 0 Å². The van der Waals surface area contributed by atoms with Crippen molar-refractivity contribution in [3.8, 4) is 11.1 Å². The molecular weight excluding hydrogens is 246 g/mol. The molecule has 0 spiro atoms. The molecule has 0 heterocycles. The minimum atomic E-state index is -0.468. The van der Waals surface area contributed by atoms with Crippen LogP contribution in [-0.4, -0.2) is 11.7 Å². The molecule has 0 bridgehead atoms. The largest absolute Gasteiger partial charge is 0.388 e. The van der Waals surface area contributed by atoms with Gasteiger partial charge in [0.05, 0.1) is 6.10 Å². The van der Waals surface area contributed by atoms with E-state index in [0.29, 0.717) is 6.54 Å². The van der Waals surface area contributed by atoms with Gasteiger partial charge >= 0.3 is 0 Å². The first-order valence-electron chi connectivity index (χ1n) is 7.29. The molecule has 2 aromatic rings. The van der Waals surface area contributed by atoms with Crippen LogP contribution in [0, 0.1) is 5.92 Å². The maximum Gasteiger partial charge on any atom is 0.0830 e. The van der Waals surface area contributed by atoms with Crippen LogP contribution in [0.3, 0.4) is 0 Å². The average molecular weight is 269 g/mol. The quantitative estimate of drug-likeness (QED) is 0.838. The van der Waals surface area contributed by atoms with Gasteiger partial charge in [-0.25, -0.2) is 0 Å². The number of aliphatic hydroxyl groups excluding tert-OH is 1. The Morgan fingerprint density at radius 1 is 0.950 bits per heavy atom. The summed E-state index contributed by atoms with van der Waals surface area (Å²) >= 11 is 0. The van der Waals surface area contributed by atoms with Gasteiger partial charge in [-0.2, -0.15) is 0 Å². The summed E-state index contributed by atoms with van der Waals surface area (Å²) in [6, 6.07) is 18.4. The maximum absolute atomic E-state index is 10.4. The van der Waals surface area contributed by atoms with E-state index in [4.69, 9.17) is 5.73 Å². The van der Waals surface area contributed by atoms with Crippen molar-refractivity contribution in [2.24, 2.45) is 11.7 Å². The van der Waals surface area contributed by atoms with Crippen molar-refractivity contribution in [1.29, 1.82) is 0 Å². The summed E-state index contributed by atoms with van der Waals surface area (Å²) in [4.78, 5) is 0. The van der Waals surface area contributed by atoms with Crippen LogP contribution < -0.4 is 5.73 Å². The van der Waals surface area contributed by atoms with Gasteiger partial charge in [-0.1, -0.05) is 67.9 Å². The zero-order chi connectivity index (χ0) is 14.4. The van der Waals surface area contributed by atoms with Crippen LogP contribution in [0.15, 0.2) is 54.6 Å². The van der Waals surface area contributed by atoms with E-state index in [0.717, 1.165) is 18.4 Å². The summed E-state index contributed by atoms with van der Waals surface area (Å²) in [6.45, 7) is 2.64. The lowest BCUT2D eigenvalue weighted by Crippen LogP contribution is -2.21. The maximum atomic E-state index is 10.4. The van der Waals surface area contributed by atoms with Crippen molar-refractivity contribution in [3.63, 3.8) is 0 Å². The molecule has 2 atom stereocenters. The van der Waals surface area contributed by atoms with Gasteiger partial charge in [0.2, 0.25) is 0 Å². The number of nitrogens with two attached hydrogens (primary N) is 1. The van der Waals surface area contributed by atoms with Gasteiger partial charge in [0.15, 0.2) is 0 Å². The Morgan fingerprint density at radius 2 is 1.55 bits per heavy atom. The van der Waals surface area contributed by atoms with Gasteiger partial charge in [-0.05, 0) is 29.7 Å². The van der Waals surface area contributed by atoms with E-state index < -0.39 is 6.10 Å². The first-order valence-corrected chi connectivity index (χ1v) is 7.29. The molecule has 3 N–H and O–H groups in total. The predicted molar refractivity (Wildman–Crippen MR) is 84.3 cm³/mol. The second-order valence-corrected chi connectivity index (χ2v) is 5.22. The van der Waals surface area contributed by atoms with Crippen molar-refractivity contribution in [2.45, 2.75) is 25.9 Å². The van der Waals surface area contributed by atoms with Crippen molar-refractivity contribution >= 4 is 0 Å². The lowest BCUT2D eigenvalue weighted by atomic mass is 9.91. The smallest absolute Gasteiger partial charge is 0.0830 e. The first kappa shape index (κ1) is 14.8. The zero-order valence-electron chi connectivity index (χ0n) is 12.0. The van der Waals surface area contributed by atoms with Gasteiger partial charge in [0.1, 0.15) is 0 Å². The lowest BCUT2D eigenvalue weighted by molar-refractivity contribution is 0.107. The van der Waals surface area contributed by atoms with Crippen molar-refractivity contribution < 1.29 is 5.11 Å². The summed E-state index contributed by atoms with van der Waals surface area (Å²) < 4.78 is 0. The molecule has 0 saturated carbocycles. The second kappa shape index (κ2) is 7.22. The minimum absolute atomic E-state index is 0.141. The van der Waals surface area contributed by atoms with E-state index in [1.54, 1.807) is 0 Å². The fourth-order valence-electron chi connectivity index (χ4n) is 2.55. The number of hydrogen-bond acceptors (Lipinski definition) is 2. The summed E-state index contributed by atoms with van der Waals surface area (Å²) in [5, 5.41) is 10.4. The number of hydrogen-bond donors (Lipinski definition) is 2. The van der Waals surface area contributed by atoms with Crippen molar-refractivity contribution in [1.82, 2.24) is 0 Å². The third-order valence-corrected chi connectivity index (χ3v) is 3.77. The van der Waals surface area contributed by atoms with E-state index in [9.17, 15) is 5.11 Å². The Kier molecular flexibility index (Phi) is 5.33. The van der Waals surface area contributed by atoms with E-state index in [1.165, 1.54) is 11.1 Å². The molecule has 20 heavy (non-hydrogen) atoms. The molecular formula is C18H23NO. The van der Waals surface area contributed by atoms with Gasteiger partial charge in [0.25, 0.3) is 0 Å². The molecule has 2 unspecified atom stereocenters. The zero-order valence-corrected chi connectivity index (χ0v) is 12.0. The van der Waals surface area contributed by atoms with Gasteiger partial charge < -0.3 is 10.8 Å². The van der Waals surface area contributed by atoms with Crippen LogP contribution >= 0.6 is 0 Å². The lowest BCUT2D eigenvalue weighted by Gasteiger charge is -2.21. The fourth-order valence-corrected chi connectivity index (χ4v) is 2.55. The van der Waals surface area contributed by atoms with Crippen molar-refractivity contribution in [2.75, 3.05) is 6.54 Å². The van der Waals surface area contributed by atoms with Gasteiger partial charge in [0, 0.05) is 5.92 Å². The highest BCUT2D eigenvalue weighted by Crippen LogP contribution is 2.27. The third kappa shape index (κ3) is 3.47. The van der Waals surface area contributed by atoms with Crippen LogP contribution in [0.25, 0.3) is 11.1 Å². The molecule has 0 radical (unpaired) electrons. The summed E-state index contributed by atoms with van der Waals surface area (Å²) in [5.41, 5.74) is 9.07. The molecule has 0 aliphatic rings. The molecule has 0 aliphatic heterocycles. The highest BCUT2D eigenvalue weighted by Gasteiger charge is 2.18. The molecule has 2 aromatic carbocycles. The minimum Gasteiger partial charge on any atom is -0.388 e. The Bertz CT molecular complexity index is 507. The highest BCUT2D eigenvalue weighted by atomic mass is 16.3. The topological polar surface area (TPSA) is 46.2 Å². The molecule has 2 heteroatoms. The van der Waals surface area contributed by atoms with E-state index in [2.05, 4.69) is 31.2 Å². The Labute approximate surface area is 121 Å². The molecule has 0 saturated heterocycles. The molecule has 0 fully saturated rings. The van der Waals surface area contributed by atoms with E-state index >= 15 is 0 Å². The molecule has 2 nitrogen and oxygen atoms in total. The first-order chi connectivity index (χ1) is 9.76. The van der Waals surface area contributed by atoms with Crippen LogP contribution in [0.1, 0.15) is 31.4 Å². The van der Waals surface area contributed by atoms with Crippen LogP contribution in [0.4, 0.5) is 0 Å². The summed E-state index contributed by atoms with van der Waals surface area (Å²) in [5.74, 6) is 0.141. The standard InChI is InChI=1S/C18H23NO/c1-2-6-17(13-19)18(20)16-11-9-15(10-12-16)14-7-4-3-5-8-14/h3-5,7-12,17-18,20H,2,6,13,19H2,1H3. The van der Waals surface area contributed by atoms with E-state index in [-0.39, 0.29) is 5.92 Å². The molecule has 2 rings (SSSR count). The van der Waals surface area contributed by atoms with Gasteiger partial charge in [-0.3, -0.25) is 0 Å². The summed E-state index contributed by atoms with van der Waals surface area (Å²) in [6.07, 6.45) is 1.53. The second-order valence-electron chi connectivity index (χ2n) is 5.22. The predicted octanol–water partition coefficient (Wildman–Crippen LogP) is 3.76. The number of rotatable bonds is 6. The highest BCUT2D eigenvalue weighted by molar-refractivity contribution is 5.63. The summed E-state index contributed by atoms with van der Waals surface area (Å²) in [7, 11) is 0.